The van der Waals surface area contributed by atoms with Crippen molar-refractivity contribution in [1.82, 2.24) is 13.6 Å². The molecule has 2 heterocycles. The number of likely N-dealkylation sites (N-methyl/N-ethyl adjacent to an activating group) is 1. The van der Waals surface area contributed by atoms with E-state index in [-0.39, 0.29) is 5.91 Å². The highest BCUT2D eigenvalue weighted by Crippen LogP contribution is 2.35. The number of carbonyl (C=O) groups is 1. The monoisotopic (exact) mass is 354 g/mol. The first-order chi connectivity index (χ1) is 12.1. The van der Waals surface area contributed by atoms with Crippen LogP contribution >= 0.6 is 11.7 Å². The topological polar surface area (TPSA) is 58.6 Å². The predicted octanol–water partition coefficient (Wildman–Crippen LogP) is 2.55. The van der Waals surface area contributed by atoms with Crippen LogP contribution in [0.3, 0.4) is 0 Å². The molecule has 1 amide bonds. The van der Waals surface area contributed by atoms with Gasteiger partial charge in [-0.15, -0.1) is 0 Å². The zero-order valence-corrected chi connectivity index (χ0v) is 14.9. The van der Waals surface area contributed by atoms with Gasteiger partial charge in [-0.05, 0) is 18.2 Å². The summed E-state index contributed by atoms with van der Waals surface area (Å²) < 4.78 is 14.7. The minimum atomic E-state index is -0.516. The van der Waals surface area contributed by atoms with Crippen molar-refractivity contribution in [3.8, 4) is 5.75 Å². The van der Waals surface area contributed by atoms with Crippen LogP contribution in [-0.2, 0) is 11.3 Å². The lowest BCUT2D eigenvalue weighted by molar-refractivity contribution is -0.136. The largest absolute Gasteiger partial charge is 0.477 e. The molecule has 1 atom stereocenters. The lowest BCUT2D eigenvalue weighted by Gasteiger charge is -2.36. The van der Waals surface area contributed by atoms with Crippen LogP contribution in [0.1, 0.15) is 5.56 Å². The first-order valence-corrected chi connectivity index (χ1v) is 8.78. The Hall–Kier alpha value is -2.67. The molecule has 1 aliphatic heterocycles. The Morgan fingerprint density at radius 3 is 2.92 bits per heavy atom. The molecule has 128 valence electrons. The van der Waals surface area contributed by atoms with E-state index in [0.717, 1.165) is 28.0 Å². The lowest BCUT2D eigenvalue weighted by atomic mass is 10.1. The number of hydrogen-bond donors (Lipinski definition) is 0. The van der Waals surface area contributed by atoms with Gasteiger partial charge in [0.2, 0.25) is 0 Å². The van der Waals surface area contributed by atoms with E-state index in [1.165, 1.54) is 11.7 Å². The van der Waals surface area contributed by atoms with Gasteiger partial charge in [0.1, 0.15) is 16.8 Å². The fraction of sp³-hybridized carbons (Fsp3) is 0.278. The summed E-state index contributed by atoms with van der Waals surface area (Å²) in [5.74, 6) is 0.700. The van der Waals surface area contributed by atoms with Crippen molar-refractivity contribution in [3.63, 3.8) is 0 Å². The van der Waals surface area contributed by atoms with E-state index < -0.39 is 6.10 Å². The average molecular weight is 354 g/mol. The molecule has 0 saturated heterocycles. The normalized spacial score (nSPS) is 16.4. The zero-order valence-electron chi connectivity index (χ0n) is 14.0. The van der Waals surface area contributed by atoms with E-state index in [9.17, 15) is 4.79 Å². The third-order valence-corrected chi connectivity index (χ3v) is 4.85. The van der Waals surface area contributed by atoms with Gasteiger partial charge >= 0.3 is 0 Å². The Balaban J connectivity index is 1.70. The second-order valence-corrected chi connectivity index (χ2v) is 6.76. The second kappa shape index (κ2) is 6.33. The Morgan fingerprint density at radius 1 is 1.24 bits per heavy atom. The van der Waals surface area contributed by atoms with Gasteiger partial charge in [0.15, 0.2) is 6.10 Å². The molecule has 0 unspecified atom stereocenters. The van der Waals surface area contributed by atoms with Crippen molar-refractivity contribution in [2.75, 3.05) is 25.5 Å². The average Bonchev–Trinajstić information content (AvgIpc) is 3.10. The third kappa shape index (κ3) is 2.91. The summed E-state index contributed by atoms with van der Waals surface area (Å²) in [7, 11) is 3.50. The van der Waals surface area contributed by atoms with Crippen LogP contribution in [0.5, 0.6) is 5.75 Å². The third-order valence-electron chi connectivity index (χ3n) is 4.31. The number of nitrogens with zero attached hydrogens (tertiary/aromatic N) is 4. The van der Waals surface area contributed by atoms with Gasteiger partial charge in [0.25, 0.3) is 5.91 Å². The summed E-state index contributed by atoms with van der Waals surface area (Å²) in [6.07, 6.45) is -0.516. The summed E-state index contributed by atoms with van der Waals surface area (Å²) in [6.45, 7) is 1.16. The van der Waals surface area contributed by atoms with E-state index >= 15 is 0 Å². The maximum absolute atomic E-state index is 12.4. The molecule has 3 aromatic rings. The number of anilines is 1. The van der Waals surface area contributed by atoms with Gasteiger partial charge in [-0.3, -0.25) is 4.79 Å². The molecule has 0 aliphatic carbocycles. The van der Waals surface area contributed by atoms with Crippen LogP contribution < -0.4 is 9.64 Å². The number of hydrogen-bond acceptors (Lipinski definition) is 6. The molecule has 25 heavy (non-hydrogen) atoms. The molecule has 1 aliphatic rings. The van der Waals surface area contributed by atoms with Crippen LogP contribution in [0.2, 0.25) is 0 Å². The van der Waals surface area contributed by atoms with Crippen LogP contribution in [-0.4, -0.2) is 46.3 Å². The molecular formula is C18H18N4O2S. The predicted molar refractivity (Wildman–Crippen MR) is 98.0 cm³/mol. The number of carbonyl (C=O) groups excluding carboxylic acids is 1. The highest BCUT2D eigenvalue weighted by Gasteiger charge is 2.31. The summed E-state index contributed by atoms with van der Waals surface area (Å²) in [4.78, 5) is 16.2. The maximum atomic E-state index is 12.4. The van der Waals surface area contributed by atoms with Gasteiger partial charge in [0.05, 0.1) is 24.0 Å². The number of rotatable bonds is 3. The number of fused-ring (bicyclic) bond motifs is 2. The van der Waals surface area contributed by atoms with E-state index in [1.807, 2.05) is 36.4 Å². The number of benzene rings is 2. The van der Waals surface area contributed by atoms with E-state index in [1.54, 1.807) is 19.0 Å². The summed E-state index contributed by atoms with van der Waals surface area (Å²) in [5.41, 5.74) is 3.92. The summed E-state index contributed by atoms with van der Waals surface area (Å²) in [5, 5.41) is 0. The Bertz CT molecular complexity index is 924. The fourth-order valence-corrected chi connectivity index (χ4v) is 3.64. The molecule has 0 spiro atoms. The standard InChI is InChI=1S/C18H18N4O2S/c1-21(2)18(23)16-11-22(14-8-3-4-9-15(14)24-16)10-12-6-5-7-13-17(12)20-25-19-13/h3-9,16H,10-11H2,1-2H3/t16-/m1/s1. The zero-order chi connectivity index (χ0) is 17.4. The van der Waals surface area contributed by atoms with Crippen molar-refractivity contribution in [1.29, 1.82) is 0 Å². The van der Waals surface area contributed by atoms with Gasteiger partial charge < -0.3 is 14.5 Å². The number of ether oxygens (including phenoxy) is 1. The summed E-state index contributed by atoms with van der Waals surface area (Å²) >= 11 is 1.22. The minimum absolute atomic E-state index is 0.0342. The molecule has 0 saturated carbocycles. The number of para-hydroxylation sites is 2. The van der Waals surface area contributed by atoms with Crippen molar-refractivity contribution in [2.24, 2.45) is 0 Å². The van der Waals surface area contributed by atoms with Crippen molar-refractivity contribution < 1.29 is 9.53 Å². The second-order valence-electron chi connectivity index (χ2n) is 6.24. The van der Waals surface area contributed by atoms with Crippen LogP contribution in [0.15, 0.2) is 42.5 Å². The van der Waals surface area contributed by atoms with Gasteiger partial charge in [-0.2, -0.15) is 8.75 Å². The van der Waals surface area contributed by atoms with E-state index in [4.69, 9.17) is 4.74 Å². The van der Waals surface area contributed by atoms with Gasteiger partial charge in [0, 0.05) is 26.2 Å². The number of amides is 1. The van der Waals surface area contributed by atoms with Gasteiger partial charge in [-0.25, -0.2) is 0 Å². The molecule has 7 heteroatoms. The molecule has 0 fully saturated rings. The van der Waals surface area contributed by atoms with Crippen LogP contribution in [0.4, 0.5) is 5.69 Å². The Labute approximate surface area is 150 Å². The first-order valence-electron chi connectivity index (χ1n) is 8.05. The fourth-order valence-electron chi connectivity index (χ4n) is 3.07. The van der Waals surface area contributed by atoms with Gasteiger partial charge in [-0.1, -0.05) is 24.3 Å². The molecule has 0 N–H and O–H groups in total. The van der Waals surface area contributed by atoms with E-state index in [2.05, 4.69) is 19.7 Å². The molecule has 2 aromatic carbocycles. The van der Waals surface area contributed by atoms with Crippen LogP contribution in [0.25, 0.3) is 11.0 Å². The van der Waals surface area contributed by atoms with E-state index in [0.29, 0.717) is 13.1 Å². The molecule has 1 aromatic heterocycles. The SMILES string of the molecule is CN(C)C(=O)[C@H]1CN(Cc2cccc3nsnc23)c2ccccc2O1. The minimum Gasteiger partial charge on any atom is -0.477 e. The Kier molecular flexibility index (Phi) is 4.01. The molecule has 6 nitrogen and oxygen atoms in total. The lowest BCUT2D eigenvalue weighted by Crippen LogP contribution is -2.48. The van der Waals surface area contributed by atoms with Crippen molar-refractivity contribution >= 4 is 34.4 Å². The van der Waals surface area contributed by atoms with Crippen LogP contribution in [0, 0.1) is 0 Å². The van der Waals surface area contributed by atoms with Crippen molar-refractivity contribution in [3.05, 3.63) is 48.0 Å². The highest BCUT2D eigenvalue weighted by atomic mass is 32.1. The quantitative estimate of drug-likeness (QED) is 0.723. The smallest absolute Gasteiger partial charge is 0.265 e. The molecule has 0 bridgehead atoms. The Morgan fingerprint density at radius 2 is 2.08 bits per heavy atom. The van der Waals surface area contributed by atoms with Crippen molar-refractivity contribution in [2.45, 2.75) is 12.6 Å². The highest BCUT2D eigenvalue weighted by molar-refractivity contribution is 7.00. The first kappa shape index (κ1) is 15.8. The molecular weight excluding hydrogens is 336 g/mol. The maximum Gasteiger partial charge on any atom is 0.265 e. The number of aromatic nitrogens is 2. The molecule has 4 rings (SSSR count). The molecule has 0 radical (unpaired) electrons. The summed E-state index contributed by atoms with van der Waals surface area (Å²) in [6, 6.07) is 13.8.